The Kier molecular flexibility index (Phi) is 1.63. The van der Waals surface area contributed by atoms with Crippen LogP contribution in [0.25, 0.3) is 21.9 Å². The first-order valence-corrected chi connectivity index (χ1v) is 4.97. The number of aryl methyl sites for hydroxylation is 1. The van der Waals surface area contributed by atoms with Crippen molar-refractivity contribution in [2.24, 2.45) is 0 Å². The Morgan fingerprint density at radius 2 is 2.00 bits per heavy atom. The minimum atomic E-state index is -0.225. The van der Waals surface area contributed by atoms with Crippen LogP contribution in [-0.2, 0) is 0 Å². The molecular weight excluding hydrogens is 204 g/mol. The van der Waals surface area contributed by atoms with E-state index in [1.807, 2.05) is 24.3 Å². The SMILES string of the molecule is Cc1c2oc3ccccc3c2cc(=O)n1N. The average Bonchev–Trinajstić information content (AvgIpc) is 2.65. The molecule has 4 nitrogen and oxygen atoms in total. The molecule has 0 amide bonds. The lowest BCUT2D eigenvalue weighted by molar-refractivity contribution is 0.656. The van der Waals surface area contributed by atoms with E-state index in [0.717, 1.165) is 21.0 Å². The first kappa shape index (κ1) is 9.03. The monoisotopic (exact) mass is 214 g/mol. The van der Waals surface area contributed by atoms with Crippen molar-refractivity contribution in [1.82, 2.24) is 4.68 Å². The summed E-state index contributed by atoms with van der Waals surface area (Å²) in [5.41, 5.74) is 1.85. The minimum absolute atomic E-state index is 0.225. The van der Waals surface area contributed by atoms with E-state index in [2.05, 4.69) is 0 Å². The van der Waals surface area contributed by atoms with E-state index in [-0.39, 0.29) is 5.56 Å². The van der Waals surface area contributed by atoms with Crippen LogP contribution in [0.4, 0.5) is 0 Å². The smallest absolute Gasteiger partial charge is 0.269 e. The molecule has 4 heteroatoms. The van der Waals surface area contributed by atoms with Crippen molar-refractivity contribution < 1.29 is 4.42 Å². The minimum Gasteiger partial charge on any atom is -0.454 e. The van der Waals surface area contributed by atoms with E-state index in [1.165, 1.54) is 6.07 Å². The van der Waals surface area contributed by atoms with Crippen LogP contribution in [0.5, 0.6) is 0 Å². The molecular formula is C12H10N2O2. The number of nitrogen functional groups attached to an aromatic ring is 1. The molecule has 0 fully saturated rings. The second-order valence-electron chi connectivity index (χ2n) is 3.78. The summed E-state index contributed by atoms with van der Waals surface area (Å²) in [5, 5.41) is 1.76. The van der Waals surface area contributed by atoms with Gasteiger partial charge in [-0.3, -0.25) is 4.79 Å². The molecule has 0 atom stereocenters. The van der Waals surface area contributed by atoms with E-state index in [1.54, 1.807) is 6.92 Å². The topological polar surface area (TPSA) is 61.2 Å². The van der Waals surface area contributed by atoms with Gasteiger partial charge in [0.05, 0.1) is 5.69 Å². The molecule has 0 saturated heterocycles. The quantitative estimate of drug-likeness (QED) is 0.580. The van der Waals surface area contributed by atoms with Gasteiger partial charge in [-0.2, -0.15) is 0 Å². The van der Waals surface area contributed by atoms with Gasteiger partial charge in [0.2, 0.25) is 0 Å². The molecule has 1 aromatic carbocycles. The third-order valence-corrected chi connectivity index (χ3v) is 2.83. The molecule has 0 aliphatic heterocycles. The van der Waals surface area contributed by atoms with Crippen molar-refractivity contribution in [3.63, 3.8) is 0 Å². The van der Waals surface area contributed by atoms with Crippen LogP contribution >= 0.6 is 0 Å². The number of rotatable bonds is 0. The normalized spacial score (nSPS) is 11.3. The highest BCUT2D eigenvalue weighted by molar-refractivity contribution is 6.05. The van der Waals surface area contributed by atoms with Gasteiger partial charge in [0, 0.05) is 16.8 Å². The molecule has 2 aromatic heterocycles. The Bertz CT molecular complexity index is 753. The van der Waals surface area contributed by atoms with Crippen molar-refractivity contribution in [2.45, 2.75) is 6.92 Å². The maximum atomic E-state index is 11.6. The van der Waals surface area contributed by atoms with E-state index >= 15 is 0 Å². The van der Waals surface area contributed by atoms with Gasteiger partial charge >= 0.3 is 0 Å². The fraction of sp³-hybridized carbons (Fsp3) is 0.0833. The summed E-state index contributed by atoms with van der Waals surface area (Å²) in [7, 11) is 0. The number of furan rings is 1. The van der Waals surface area contributed by atoms with Crippen molar-refractivity contribution in [3.05, 3.63) is 46.4 Å². The lowest BCUT2D eigenvalue weighted by Crippen LogP contribution is -2.28. The number of nitrogens with two attached hydrogens (primary N) is 1. The number of pyridine rings is 1. The fourth-order valence-electron chi connectivity index (χ4n) is 1.95. The molecule has 0 aliphatic carbocycles. The second-order valence-corrected chi connectivity index (χ2v) is 3.78. The van der Waals surface area contributed by atoms with Gasteiger partial charge in [0.1, 0.15) is 5.58 Å². The highest BCUT2D eigenvalue weighted by Gasteiger charge is 2.11. The van der Waals surface area contributed by atoms with Crippen LogP contribution < -0.4 is 11.4 Å². The first-order chi connectivity index (χ1) is 7.68. The Morgan fingerprint density at radius 1 is 1.25 bits per heavy atom. The molecule has 80 valence electrons. The summed E-state index contributed by atoms with van der Waals surface area (Å²) in [6.45, 7) is 1.77. The van der Waals surface area contributed by atoms with Gasteiger partial charge < -0.3 is 10.3 Å². The first-order valence-electron chi connectivity index (χ1n) is 4.97. The van der Waals surface area contributed by atoms with Crippen LogP contribution in [0.1, 0.15) is 5.69 Å². The van der Waals surface area contributed by atoms with Crippen LogP contribution in [0.15, 0.2) is 39.5 Å². The third-order valence-electron chi connectivity index (χ3n) is 2.83. The van der Waals surface area contributed by atoms with Gasteiger partial charge in [0.25, 0.3) is 5.56 Å². The molecule has 0 bridgehead atoms. The van der Waals surface area contributed by atoms with Gasteiger partial charge in [-0.05, 0) is 13.0 Å². The fourth-order valence-corrected chi connectivity index (χ4v) is 1.95. The van der Waals surface area contributed by atoms with Gasteiger partial charge in [-0.15, -0.1) is 0 Å². The molecule has 0 spiro atoms. The van der Waals surface area contributed by atoms with Gasteiger partial charge in [-0.25, -0.2) is 4.68 Å². The number of benzene rings is 1. The van der Waals surface area contributed by atoms with Crippen LogP contribution in [0.3, 0.4) is 0 Å². The lowest BCUT2D eigenvalue weighted by atomic mass is 10.2. The van der Waals surface area contributed by atoms with Crippen LogP contribution in [0.2, 0.25) is 0 Å². The predicted molar refractivity (Wildman–Crippen MR) is 62.9 cm³/mol. The van der Waals surface area contributed by atoms with Crippen molar-refractivity contribution in [3.8, 4) is 0 Å². The number of fused-ring (bicyclic) bond motifs is 3. The molecule has 3 rings (SSSR count). The number of para-hydroxylation sites is 1. The zero-order chi connectivity index (χ0) is 11.3. The molecule has 0 aliphatic rings. The maximum Gasteiger partial charge on any atom is 0.269 e. The standard InChI is InChI=1S/C12H10N2O2/c1-7-12-9(6-11(15)14(7)13)8-4-2-3-5-10(8)16-12/h2-6H,13H2,1H3. The zero-order valence-electron chi connectivity index (χ0n) is 8.73. The van der Waals surface area contributed by atoms with Crippen LogP contribution in [-0.4, -0.2) is 4.68 Å². The highest BCUT2D eigenvalue weighted by atomic mass is 16.3. The summed E-state index contributed by atoms with van der Waals surface area (Å²) in [6, 6.07) is 9.13. The summed E-state index contributed by atoms with van der Waals surface area (Å²) in [6.07, 6.45) is 0. The maximum absolute atomic E-state index is 11.6. The average molecular weight is 214 g/mol. The Balaban J connectivity index is 2.66. The van der Waals surface area contributed by atoms with Gasteiger partial charge in [-0.1, -0.05) is 18.2 Å². The van der Waals surface area contributed by atoms with E-state index < -0.39 is 0 Å². The molecule has 0 saturated carbocycles. The Hall–Kier alpha value is -2.23. The van der Waals surface area contributed by atoms with Crippen LogP contribution in [0, 0.1) is 6.92 Å². The molecule has 0 radical (unpaired) electrons. The van der Waals surface area contributed by atoms with E-state index in [9.17, 15) is 4.79 Å². The summed E-state index contributed by atoms with van der Waals surface area (Å²) < 4.78 is 6.78. The molecule has 3 aromatic rings. The highest BCUT2D eigenvalue weighted by Crippen LogP contribution is 2.28. The molecule has 2 N–H and O–H groups in total. The Labute approximate surface area is 90.9 Å². The largest absolute Gasteiger partial charge is 0.454 e. The van der Waals surface area contributed by atoms with E-state index in [4.69, 9.17) is 10.3 Å². The number of hydrogen-bond donors (Lipinski definition) is 1. The zero-order valence-corrected chi connectivity index (χ0v) is 8.73. The number of nitrogens with zero attached hydrogens (tertiary/aromatic N) is 1. The second kappa shape index (κ2) is 2.88. The number of aromatic nitrogens is 1. The van der Waals surface area contributed by atoms with Gasteiger partial charge in [0.15, 0.2) is 5.58 Å². The summed E-state index contributed by atoms with van der Waals surface area (Å²) >= 11 is 0. The predicted octanol–water partition coefficient (Wildman–Crippen LogP) is 1.77. The lowest BCUT2D eigenvalue weighted by Gasteiger charge is -2.01. The summed E-state index contributed by atoms with van der Waals surface area (Å²) in [4.78, 5) is 11.6. The van der Waals surface area contributed by atoms with E-state index in [0.29, 0.717) is 11.3 Å². The van der Waals surface area contributed by atoms with Crippen molar-refractivity contribution in [1.29, 1.82) is 0 Å². The Morgan fingerprint density at radius 3 is 2.81 bits per heavy atom. The molecule has 16 heavy (non-hydrogen) atoms. The van der Waals surface area contributed by atoms with Crippen molar-refractivity contribution in [2.75, 3.05) is 5.84 Å². The van der Waals surface area contributed by atoms with Crippen molar-refractivity contribution >= 4 is 21.9 Å². The summed E-state index contributed by atoms with van der Waals surface area (Å²) in [5.74, 6) is 5.61. The molecule has 2 heterocycles. The third kappa shape index (κ3) is 1.01. The number of hydrogen-bond acceptors (Lipinski definition) is 3. The molecule has 0 unspecified atom stereocenters.